The number of rotatable bonds is 3. The van der Waals surface area contributed by atoms with Crippen LogP contribution in [0, 0.1) is 0 Å². The lowest BCUT2D eigenvalue weighted by Crippen LogP contribution is -2.35. The van der Waals surface area contributed by atoms with Gasteiger partial charge in [0.2, 0.25) is 0 Å². The van der Waals surface area contributed by atoms with Crippen molar-refractivity contribution < 1.29 is 13.2 Å². The minimum absolute atomic E-state index is 0.000564. The molecule has 0 unspecified atom stereocenters. The van der Waals surface area contributed by atoms with E-state index in [1.165, 1.54) is 28.8 Å². The quantitative estimate of drug-likeness (QED) is 0.772. The fraction of sp³-hybridized carbons (Fsp3) is 0.222. The number of hydrogen-bond donors (Lipinski definition) is 0. The molecule has 0 radical (unpaired) electrons. The minimum atomic E-state index is -3.55. The second kappa shape index (κ2) is 7.42. The third-order valence-electron chi connectivity index (χ3n) is 3.78. The topological polar surface area (TPSA) is 66.8 Å². The number of amides is 1. The molecule has 0 N–H and O–H groups in total. The van der Waals surface area contributed by atoms with Crippen LogP contribution in [0.3, 0.4) is 0 Å². The molecule has 3 rings (SSSR count). The van der Waals surface area contributed by atoms with Crippen LogP contribution in [0.15, 0.2) is 58.4 Å². The Morgan fingerprint density at radius 1 is 1.19 bits per heavy atom. The normalized spacial score (nSPS) is 17.0. The van der Waals surface area contributed by atoms with Crippen molar-refractivity contribution in [3.63, 3.8) is 0 Å². The molecule has 1 heterocycles. The van der Waals surface area contributed by atoms with Gasteiger partial charge >= 0.3 is 0 Å². The van der Waals surface area contributed by atoms with E-state index in [1.54, 1.807) is 36.4 Å². The Bertz CT molecular complexity index is 972. The number of carbonyl (C=O) groups excluding carboxylic acids is 1. The molecule has 0 saturated carbocycles. The molecule has 0 saturated heterocycles. The monoisotopic (exact) mass is 408 g/mol. The molecule has 0 spiro atoms. The molecule has 2 aromatic carbocycles. The van der Waals surface area contributed by atoms with Gasteiger partial charge in [0.15, 0.2) is 15.0 Å². The lowest BCUT2D eigenvalue weighted by molar-refractivity contribution is 0.1000. The predicted octanol–water partition coefficient (Wildman–Crippen LogP) is 3.88. The van der Waals surface area contributed by atoms with E-state index in [2.05, 4.69) is 4.99 Å². The number of anilines is 1. The zero-order valence-corrected chi connectivity index (χ0v) is 16.6. The number of halogens is 1. The molecule has 1 amide bonds. The van der Waals surface area contributed by atoms with Crippen LogP contribution >= 0.6 is 23.4 Å². The third kappa shape index (κ3) is 3.95. The fourth-order valence-electron chi connectivity index (χ4n) is 2.57. The van der Waals surface area contributed by atoms with E-state index in [0.717, 1.165) is 12.0 Å². The van der Waals surface area contributed by atoms with Crippen LogP contribution in [0.2, 0.25) is 5.02 Å². The molecule has 136 valence electrons. The largest absolute Gasteiger partial charge is 0.268 e. The molecule has 8 heteroatoms. The molecule has 26 heavy (non-hydrogen) atoms. The molecule has 5 nitrogen and oxygen atoms in total. The number of benzene rings is 2. The molecule has 1 atom stereocenters. The Labute approximate surface area is 162 Å². The van der Waals surface area contributed by atoms with Gasteiger partial charge in [-0.3, -0.25) is 14.7 Å². The molecule has 0 aliphatic carbocycles. The predicted molar refractivity (Wildman–Crippen MR) is 107 cm³/mol. The highest BCUT2D eigenvalue weighted by Gasteiger charge is 2.30. The highest BCUT2D eigenvalue weighted by molar-refractivity contribution is 8.14. The smallest absolute Gasteiger partial charge is 0.265 e. The standard InChI is InChI=1S/C18H17ClN2O3S2/c1-12-11-25-18(20-12)21(14-9-7-13(19)8-10-14)17(22)15-5-3-4-6-16(15)26(2,23)24/h3-10,12H,11H2,1-2H3/t12-/m0/s1. The Morgan fingerprint density at radius 3 is 2.42 bits per heavy atom. The van der Waals surface area contributed by atoms with E-state index in [9.17, 15) is 13.2 Å². The summed E-state index contributed by atoms with van der Waals surface area (Å²) in [5.41, 5.74) is 0.704. The summed E-state index contributed by atoms with van der Waals surface area (Å²) >= 11 is 7.43. The number of sulfone groups is 1. The molecule has 0 aromatic heterocycles. The first-order valence-corrected chi connectivity index (χ1v) is 11.1. The van der Waals surface area contributed by atoms with Crippen molar-refractivity contribution in [2.75, 3.05) is 16.9 Å². The lowest BCUT2D eigenvalue weighted by atomic mass is 10.2. The highest BCUT2D eigenvalue weighted by Crippen LogP contribution is 2.29. The molecule has 2 aromatic rings. The van der Waals surface area contributed by atoms with Gasteiger partial charge < -0.3 is 0 Å². The average molecular weight is 409 g/mol. The van der Waals surface area contributed by atoms with Crippen molar-refractivity contribution in [3.8, 4) is 0 Å². The van der Waals surface area contributed by atoms with E-state index in [0.29, 0.717) is 15.9 Å². The van der Waals surface area contributed by atoms with Crippen molar-refractivity contribution in [1.82, 2.24) is 0 Å². The summed E-state index contributed by atoms with van der Waals surface area (Å²) in [6.45, 7) is 1.97. The molecule has 0 fully saturated rings. The summed E-state index contributed by atoms with van der Waals surface area (Å²) in [6.07, 6.45) is 1.09. The van der Waals surface area contributed by atoms with Crippen LogP contribution in [0.5, 0.6) is 0 Å². The minimum Gasteiger partial charge on any atom is -0.268 e. The van der Waals surface area contributed by atoms with E-state index < -0.39 is 15.7 Å². The zero-order chi connectivity index (χ0) is 18.9. The maximum Gasteiger partial charge on any atom is 0.265 e. The van der Waals surface area contributed by atoms with E-state index in [1.807, 2.05) is 6.92 Å². The number of aliphatic imine (C=N–C) groups is 1. The van der Waals surface area contributed by atoms with Gasteiger partial charge in [-0.25, -0.2) is 8.42 Å². The summed E-state index contributed by atoms with van der Waals surface area (Å²) in [4.78, 5) is 19.3. The van der Waals surface area contributed by atoms with Crippen LogP contribution < -0.4 is 4.90 Å². The first-order chi connectivity index (χ1) is 12.3. The van der Waals surface area contributed by atoms with Crippen LogP contribution in [0.25, 0.3) is 0 Å². The summed E-state index contributed by atoms with van der Waals surface area (Å²) < 4.78 is 24.2. The Kier molecular flexibility index (Phi) is 5.41. The first kappa shape index (κ1) is 18.9. The number of thioether (sulfide) groups is 1. The maximum absolute atomic E-state index is 13.3. The van der Waals surface area contributed by atoms with Crippen molar-refractivity contribution in [1.29, 1.82) is 0 Å². The highest BCUT2D eigenvalue weighted by atomic mass is 35.5. The van der Waals surface area contributed by atoms with Crippen molar-refractivity contribution in [2.24, 2.45) is 4.99 Å². The van der Waals surface area contributed by atoms with Gasteiger partial charge in [-0.2, -0.15) is 0 Å². The second-order valence-electron chi connectivity index (χ2n) is 5.96. The molecular formula is C18H17ClN2O3S2. The van der Waals surface area contributed by atoms with Gasteiger partial charge in [0, 0.05) is 17.0 Å². The first-order valence-electron chi connectivity index (χ1n) is 7.87. The van der Waals surface area contributed by atoms with Gasteiger partial charge in [0.05, 0.1) is 22.2 Å². The van der Waals surface area contributed by atoms with Crippen molar-refractivity contribution in [3.05, 3.63) is 59.1 Å². The van der Waals surface area contributed by atoms with Gasteiger partial charge in [0.1, 0.15) is 0 Å². The Balaban J connectivity index is 2.13. The maximum atomic E-state index is 13.3. The molecular weight excluding hydrogens is 392 g/mol. The van der Waals surface area contributed by atoms with Gasteiger partial charge in [-0.1, -0.05) is 35.5 Å². The average Bonchev–Trinajstić information content (AvgIpc) is 3.02. The number of amidine groups is 1. The van der Waals surface area contributed by atoms with Crippen molar-refractivity contribution >= 4 is 50.0 Å². The van der Waals surface area contributed by atoms with Crippen molar-refractivity contribution in [2.45, 2.75) is 17.9 Å². The SMILES string of the molecule is C[C@H]1CSC(N(C(=O)c2ccccc2S(C)(=O)=O)c2ccc(Cl)cc2)=N1. The fourth-order valence-corrected chi connectivity index (χ4v) is 4.62. The third-order valence-corrected chi connectivity index (χ3v) is 6.38. The molecule has 1 aliphatic rings. The van der Waals surface area contributed by atoms with Gasteiger partial charge in [-0.05, 0) is 43.3 Å². The van der Waals surface area contributed by atoms with Gasteiger partial charge in [0.25, 0.3) is 5.91 Å². The Morgan fingerprint density at radius 2 is 1.85 bits per heavy atom. The number of carbonyl (C=O) groups is 1. The zero-order valence-electron chi connectivity index (χ0n) is 14.2. The van der Waals surface area contributed by atoms with Gasteiger partial charge in [-0.15, -0.1) is 0 Å². The summed E-state index contributed by atoms with van der Waals surface area (Å²) in [6, 6.07) is 13.1. The summed E-state index contributed by atoms with van der Waals surface area (Å²) in [5, 5.41) is 1.10. The van der Waals surface area contributed by atoms with Crippen LogP contribution in [-0.4, -0.2) is 37.5 Å². The lowest BCUT2D eigenvalue weighted by Gasteiger charge is -2.23. The van der Waals surface area contributed by atoms with E-state index in [4.69, 9.17) is 11.6 Å². The van der Waals surface area contributed by atoms with Crippen LogP contribution in [0.4, 0.5) is 5.69 Å². The molecule has 1 aliphatic heterocycles. The summed E-state index contributed by atoms with van der Waals surface area (Å²) in [7, 11) is -3.55. The second-order valence-corrected chi connectivity index (χ2v) is 9.36. The van der Waals surface area contributed by atoms with E-state index >= 15 is 0 Å². The van der Waals surface area contributed by atoms with Crippen LogP contribution in [-0.2, 0) is 9.84 Å². The Hall–Kier alpha value is -1.83. The van der Waals surface area contributed by atoms with E-state index in [-0.39, 0.29) is 16.5 Å². The molecule has 0 bridgehead atoms. The summed E-state index contributed by atoms with van der Waals surface area (Å²) in [5.74, 6) is 0.328. The number of hydrogen-bond acceptors (Lipinski definition) is 5. The number of nitrogens with zero attached hydrogens (tertiary/aromatic N) is 2. The van der Waals surface area contributed by atoms with Crippen LogP contribution in [0.1, 0.15) is 17.3 Å².